The maximum absolute atomic E-state index is 11.7. The maximum Gasteiger partial charge on any atom is 0.329 e. The van der Waals surface area contributed by atoms with Crippen LogP contribution in [0.1, 0.15) is 33.6 Å². The first kappa shape index (κ1) is 14.7. The standard InChI is InChI=1S/C12H21NO3/c1-6-9(4)11(12(15)16-5)13(8-3)10(14)7-2/h8-9,11H,3,6-7H2,1-2,4-5H3/t9-,11?/m1/s1. The van der Waals surface area contributed by atoms with Gasteiger partial charge in [0.25, 0.3) is 0 Å². The van der Waals surface area contributed by atoms with E-state index in [0.717, 1.165) is 6.42 Å². The molecule has 0 heterocycles. The van der Waals surface area contributed by atoms with Gasteiger partial charge >= 0.3 is 5.97 Å². The second kappa shape index (κ2) is 7.04. The van der Waals surface area contributed by atoms with Gasteiger partial charge in [-0.25, -0.2) is 4.79 Å². The molecule has 0 radical (unpaired) electrons. The fourth-order valence-corrected chi connectivity index (χ4v) is 1.52. The molecule has 1 amide bonds. The molecule has 0 aliphatic heterocycles. The maximum atomic E-state index is 11.7. The molecule has 0 aromatic carbocycles. The molecule has 4 nitrogen and oxygen atoms in total. The SMILES string of the molecule is C=CN(C(=O)CC)C(C(=O)OC)[C@H](C)CC. The van der Waals surface area contributed by atoms with Crippen LogP contribution in [-0.4, -0.2) is 29.9 Å². The van der Waals surface area contributed by atoms with Crippen LogP contribution >= 0.6 is 0 Å². The highest BCUT2D eigenvalue weighted by atomic mass is 16.5. The van der Waals surface area contributed by atoms with Crippen LogP contribution in [0.15, 0.2) is 12.8 Å². The Morgan fingerprint density at radius 1 is 1.44 bits per heavy atom. The third kappa shape index (κ3) is 3.36. The molecular formula is C12H21NO3. The van der Waals surface area contributed by atoms with E-state index >= 15 is 0 Å². The van der Waals surface area contributed by atoms with Crippen molar-refractivity contribution in [3.63, 3.8) is 0 Å². The number of esters is 1. The van der Waals surface area contributed by atoms with Gasteiger partial charge in [-0.05, 0) is 5.92 Å². The Kier molecular flexibility index (Phi) is 6.46. The molecule has 0 saturated carbocycles. The lowest BCUT2D eigenvalue weighted by molar-refractivity contribution is -0.152. The highest BCUT2D eigenvalue weighted by molar-refractivity contribution is 5.85. The monoisotopic (exact) mass is 227 g/mol. The van der Waals surface area contributed by atoms with Gasteiger partial charge in [0.05, 0.1) is 7.11 Å². The third-order valence-corrected chi connectivity index (χ3v) is 2.71. The summed E-state index contributed by atoms with van der Waals surface area (Å²) >= 11 is 0. The van der Waals surface area contributed by atoms with E-state index in [-0.39, 0.29) is 11.8 Å². The summed E-state index contributed by atoms with van der Waals surface area (Å²) in [7, 11) is 1.33. The minimum atomic E-state index is -0.569. The Balaban J connectivity index is 5.05. The average molecular weight is 227 g/mol. The zero-order valence-electron chi connectivity index (χ0n) is 10.5. The van der Waals surface area contributed by atoms with Gasteiger partial charge in [-0.15, -0.1) is 0 Å². The number of carbonyl (C=O) groups excluding carboxylic acids is 2. The number of nitrogens with zero attached hydrogens (tertiary/aromatic N) is 1. The third-order valence-electron chi connectivity index (χ3n) is 2.71. The average Bonchev–Trinajstić information content (AvgIpc) is 2.32. The normalized spacial score (nSPS) is 13.8. The molecule has 1 unspecified atom stereocenters. The minimum Gasteiger partial charge on any atom is -0.467 e. The van der Waals surface area contributed by atoms with Gasteiger partial charge < -0.3 is 9.64 Å². The summed E-state index contributed by atoms with van der Waals surface area (Å²) in [5.41, 5.74) is 0. The molecule has 4 heteroatoms. The van der Waals surface area contributed by atoms with Gasteiger partial charge in [-0.1, -0.05) is 33.8 Å². The van der Waals surface area contributed by atoms with Gasteiger partial charge in [-0.2, -0.15) is 0 Å². The Morgan fingerprint density at radius 3 is 2.31 bits per heavy atom. The molecule has 92 valence electrons. The van der Waals surface area contributed by atoms with Crippen molar-refractivity contribution in [3.8, 4) is 0 Å². The first-order valence-corrected chi connectivity index (χ1v) is 5.54. The Hall–Kier alpha value is -1.32. The molecule has 0 aromatic rings. The summed E-state index contributed by atoms with van der Waals surface area (Å²) in [6.07, 6.45) is 2.54. The molecule has 0 aliphatic carbocycles. The van der Waals surface area contributed by atoms with Crippen LogP contribution in [0, 0.1) is 5.92 Å². The Morgan fingerprint density at radius 2 is 2.00 bits per heavy atom. The van der Waals surface area contributed by atoms with Crippen LogP contribution in [0.3, 0.4) is 0 Å². The predicted molar refractivity (Wildman–Crippen MR) is 62.6 cm³/mol. The minimum absolute atomic E-state index is 0.0425. The molecule has 0 saturated heterocycles. The van der Waals surface area contributed by atoms with Crippen molar-refractivity contribution in [2.24, 2.45) is 5.92 Å². The molecule has 0 bridgehead atoms. The molecule has 0 fully saturated rings. The van der Waals surface area contributed by atoms with Crippen molar-refractivity contribution >= 4 is 11.9 Å². The van der Waals surface area contributed by atoms with Gasteiger partial charge in [0.1, 0.15) is 6.04 Å². The summed E-state index contributed by atoms with van der Waals surface area (Å²) in [6.45, 7) is 9.22. The number of rotatable bonds is 6. The van der Waals surface area contributed by atoms with E-state index in [1.807, 2.05) is 13.8 Å². The zero-order valence-corrected chi connectivity index (χ0v) is 10.5. The van der Waals surface area contributed by atoms with E-state index in [4.69, 9.17) is 4.74 Å². The van der Waals surface area contributed by atoms with Crippen LogP contribution in [0.4, 0.5) is 0 Å². The van der Waals surface area contributed by atoms with Crippen LogP contribution in [0.2, 0.25) is 0 Å². The van der Waals surface area contributed by atoms with Crippen molar-refractivity contribution < 1.29 is 14.3 Å². The van der Waals surface area contributed by atoms with Crippen molar-refractivity contribution in [1.82, 2.24) is 4.90 Å². The lowest BCUT2D eigenvalue weighted by atomic mass is 9.97. The summed E-state index contributed by atoms with van der Waals surface area (Å²) in [4.78, 5) is 24.7. The fraction of sp³-hybridized carbons (Fsp3) is 0.667. The molecule has 0 N–H and O–H groups in total. The van der Waals surface area contributed by atoms with E-state index < -0.39 is 12.0 Å². The molecule has 0 aliphatic rings. The summed E-state index contributed by atoms with van der Waals surface area (Å²) in [5.74, 6) is -0.470. The van der Waals surface area contributed by atoms with E-state index in [0.29, 0.717) is 6.42 Å². The molecule has 0 aromatic heterocycles. The number of hydrogen-bond donors (Lipinski definition) is 0. The summed E-state index contributed by atoms with van der Waals surface area (Å²) < 4.78 is 4.73. The van der Waals surface area contributed by atoms with Gasteiger partial charge in [0.2, 0.25) is 5.91 Å². The second-order valence-corrected chi connectivity index (χ2v) is 3.69. The molecule has 2 atom stereocenters. The zero-order chi connectivity index (χ0) is 12.7. The molecule has 0 spiro atoms. The topological polar surface area (TPSA) is 46.6 Å². The largest absolute Gasteiger partial charge is 0.467 e. The van der Waals surface area contributed by atoms with Crippen LogP contribution in [0.25, 0.3) is 0 Å². The van der Waals surface area contributed by atoms with Crippen molar-refractivity contribution in [2.75, 3.05) is 7.11 Å². The number of amides is 1. The molecular weight excluding hydrogens is 206 g/mol. The van der Waals surface area contributed by atoms with E-state index in [9.17, 15) is 9.59 Å². The number of hydrogen-bond acceptors (Lipinski definition) is 3. The highest BCUT2D eigenvalue weighted by Gasteiger charge is 2.32. The highest BCUT2D eigenvalue weighted by Crippen LogP contribution is 2.17. The van der Waals surface area contributed by atoms with Crippen molar-refractivity contribution in [3.05, 3.63) is 12.8 Å². The predicted octanol–water partition coefficient (Wildman–Crippen LogP) is 1.96. The molecule has 0 rings (SSSR count). The summed E-state index contributed by atoms with van der Waals surface area (Å²) in [6, 6.07) is -0.569. The number of methoxy groups -OCH3 is 1. The van der Waals surface area contributed by atoms with Crippen LogP contribution in [0.5, 0.6) is 0 Å². The van der Waals surface area contributed by atoms with Crippen LogP contribution < -0.4 is 0 Å². The van der Waals surface area contributed by atoms with Crippen molar-refractivity contribution in [1.29, 1.82) is 0 Å². The van der Waals surface area contributed by atoms with Crippen molar-refractivity contribution in [2.45, 2.75) is 39.7 Å². The summed E-state index contributed by atoms with van der Waals surface area (Å²) in [5, 5.41) is 0. The van der Waals surface area contributed by atoms with Gasteiger partial charge in [0, 0.05) is 12.6 Å². The fourth-order valence-electron chi connectivity index (χ4n) is 1.52. The Bertz CT molecular complexity index is 263. The second-order valence-electron chi connectivity index (χ2n) is 3.69. The lowest BCUT2D eigenvalue weighted by Crippen LogP contribution is -2.45. The quantitative estimate of drug-likeness (QED) is 0.652. The number of carbonyl (C=O) groups is 2. The van der Waals surface area contributed by atoms with E-state index in [1.165, 1.54) is 18.2 Å². The molecule has 16 heavy (non-hydrogen) atoms. The first-order valence-electron chi connectivity index (χ1n) is 5.54. The van der Waals surface area contributed by atoms with E-state index in [1.54, 1.807) is 6.92 Å². The van der Waals surface area contributed by atoms with Gasteiger partial charge in [0.15, 0.2) is 0 Å². The smallest absolute Gasteiger partial charge is 0.329 e. The van der Waals surface area contributed by atoms with E-state index in [2.05, 4.69) is 6.58 Å². The lowest BCUT2D eigenvalue weighted by Gasteiger charge is -2.30. The first-order chi connectivity index (χ1) is 7.53. The van der Waals surface area contributed by atoms with Gasteiger partial charge in [-0.3, -0.25) is 4.79 Å². The Labute approximate surface area is 97.3 Å². The number of ether oxygens (including phenoxy) is 1. The van der Waals surface area contributed by atoms with Crippen LogP contribution in [-0.2, 0) is 14.3 Å².